The summed E-state index contributed by atoms with van der Waals surface area (Å²) < 4.78 is 16.8. The molecule has 0 saturated carbocycles. The highest BCUT2D eigenvalue weighted by atomic mass is 16.6. The third-order valence-electron chi connectivity index (χ3n) is 12.7. The summed E-state index contributed by atoms with van der Waals surface area (Å²) in [5.74, 6) is 0.768. The maximum Gasteiger partial charge on any atom is 0.306 e. The average molecular weight is 877 g/mol. The van der Waals surface area contributed by atoms with Gasteiger partial charge in [-0.25, -0.2) is 0 Å². The maximum atomic E-state index is 12.8. The van der Waals surface area contributed by atoms with Crippen molar-refractivity contribution in [3.63, 3.8) is 0 Å². The van der Waals surface area contributed by atoms with Crippen LogP contribution in [0.2, 0.25) is 0 Å². The van der Waals surface area contributed by atoms with Crippen molar-refractivity contribution < 1.29 is 28.6 Å². The van der Waals surface area contributed by atoms with Crippen LogP contribution in [0.4, 0.5) is 0 Å². The normalized spacial score (nSPS) is 12.0. The first-order chi connectivity index (χ1) is 30.2. The second kappa shape index (κ2) is 48.9. The van der Waals surface area contributed by atoms with Crippen molar-refractivity contribution in [2.75, 3.05) is 13.2 Å². The Kier molecular flexibility index (Phi) is 47.6. The number of ether oxygens (including phenoxy) is 3. The molecule has 0 radical (unpaired) electrons. The minimum absolute atomic E-state index is 0.0639. The second-order valence-corrected chi connectivity index (χ2v) is 20.2. The van der Waals surface area contributed by atoms with Crippen LogP contribution in [0.5, 0.6) is 0 Å². The van der Waals surface area contributed by atoms with Crippen molar-refractivity contribution in [2.24, 2.45) is 11.8 Å². The van der Waals surface area contributed by atoms with Crippen LogP contribution < -0.4 is 0 Å². The van der Waals surface area contributed by atoms with E-state index in [1.807, 2.05) is 0 Å². The van der Waals surface area contributed by atoms with Crippen molar-refractivity contribution in [3.8, 4) is 0 Å². The van der Waals surface area contributed by atoms with Gasteiger partial charge in [-0.1, -0.05) is 272 Å². The third kappa shape index (κ3) is 49.4. The van der Waals surface area contributed by atoms with Crippen LogP contribution >= 0.6 is 0 Å². The minimum atomic E-state index is -0.762. The molecule has 0 aromatic carbocycles. The molecule has 368 valence electrons. The summed E-state index contributed by atoms with van der Waals surface area (Å²) in [5.41, 5.74) is 0. The molecular formula is C56H108O6. The Balaban J connectivity index is 4.25. The molecule has 0 bridgehead atoms. The SMILES string of the molecule is CCCCCCCCCCCCCCCCCCCCCC(=O)O[C@@H](COC(=O)CCCCCCCCCCCCCCC(C)C)COC(=O)CCCCCCCCCC(C)C. The van der Waals surface area contributed by atoms with E-state index in [1.165, 1.54) is 199 Å². The molecule has 0 aliphatic heterocycles. The average Bonchev–Trinajstić information content (AvgIpc) is 3.24. The van der Waals surface area contributed by atoms with Gasteiger partial charge in [0.2, 0.25) is 0 Å². The number of hydrogen-bond acceptors (Lipinski definition) is 6. The first kappa shape index (κ1) is 60.4. The Morgan fingerprint density at radius 2 is 0.532 bits per heavy atom. The van der Waals surface area contributed by atoms with Gasteiger partial charge in [-0.3, -0.25) is 14.4 Å². The van der Waals surface area contributed by atoms with Gasteiger partial charge in [0.25, 0.3) is 0 Å². The van der Waals surface area contributed by atoms with Crippen molar-refractivity contribution in [1.82, 2.24) is 0 Å². The summed E-state index contributed by atoms with van der Waals surface area (Å²) in [6.07, 6.45) is 51.0. The van der Waals surface area contributed by atoms with Crippen LogP contribution in [-0.2, 0) is 28.6 Å². The molecule has 0 spiro atoms. The third-order valence-corrected chi connectivity index (χ3v) is 12.7. The fourth-order valence-electron chi connectivity index (χ4n) is 8.52. The lowest BCUT2D eigenvalue weighted by atomic mass is 10.0. The highest BCUT2D eigenvalue weighted by Crippen LogP contribution is 2.18. The first-order valence-corrected chi connectivity index (χ1v) is 27.7. The molecule has 0 heterocycles. The Hall–Kier alpha value is -1.59. The molecule has 0 saturated heterocycles. The summed E-state index contributed by atoms with van der Waals surface area (Å²) in [5, 5.41) is 0. The predicted molar refractivity (Wildman–Crippen MR) is 266 cm³/mol. The van der Waals surface area contributed by atoms with Gasteiger partial charge in [0.05, 0.1) is 0 Å². The van der Waals surface area contributed by atoms with E-state index in [9.17, 15) is 14.4 Å². The highest BCUT2D eigenvalue weighted by Gasteiger charge is 2.19. The topological polar surface area (TPSA) is 78.9 Å². The number of carbonyl (C=O) groups excluding carboxylic acids is 3. The van der Waals surface area contributed by atoms with E-state index in [4.69, 9.17) is 14.2 Å². The summed E-state index contributed by atoms with van der Waals surface area (Å²) in [6, 6.07) is 0. The maximum absolute atomic E-state index is 12.8. The molecule has 0 amide bonds. The van der Waals surface area contributed by atoms with E-state index in [0.29, 0.717) is 19.3 Å². The van der Waals surface area contributed by atoms with E-state index in [2.05, 4.69) is 34.6 Å². The zero-order chi connectivity index (χ0) is 45.4. The lowest BCUT2D eigenvalue weighted by molar-refractivity contribution is -0.167. The Labute approximate surface area is 387 Å². The monoisotopic (exact) mass is 877 g/mol. The minimum Gasteiger partial charge on any atom is -0.462 e. The van der Waals surface area contributed by atoms with Crippen molar-refractivity contribution in [3.05, 3.63) is 0 Å². The summed E-state index contributed by atoms with van der Waals surface area (Å²) >= 11 is 0. The van der Waals surface area contributed by atoms with Gasteiger partial charge in [-0.05, 0) is 31.1 Å². The second-order valence-electron chi connectivity index (χ2n) is 20.2. The molecule has 0 unspecified atom stereocenters. The van der Waals surface area contributed by atoms with Gasteiger partial charge >= 0.3 is 17.9 Å². The molecule has 0 rings (SSSR count). The summed E-state index contributed by atoms with van der Waals surface area (Å²) in [7, 11) is 0. The van der Waals surface area contributed by atoms with E-state index >= 15 is 0 Å². The van der Waals surface area contributed by atoms with E-state index in [-0.39, 0.29) is 31.1 Å². The lowest BCUT2D eigenvalue weighted by Crippen LogP contribution is -2.30. The predicted octanol–water partition coefficient (Wildman–Crippen LogP) is 18.1. The van der Waals surface area contributed by atoms with E-state index in [1.54, 1.807) is 0 Å². The molecule has 0 aliphatic carbocycles. The number of esters is 3. The summed E-state index contributed by atoms with van der Waals surface area (Å²) in [6.45, 7) is 11.3. The molecule has 0 fully saturated rings. The van der Waals surface area contributed by atoms with Gasteiger partial charge in [-0.15, -0.1) is 0 Å². The number of carbonyl (C=O) groups is 3. The van der Waals surface area contributed by atoms with Crippen LogP contribution in [0, 0.1) is 11.8 Å². The van der Waals surface area contributed by atoms with Crippen LogP contribution in [0.3, 0.4) is 0 Å². The molecule has 0 aromatic heterocycles. The molecule has 62 heavy (non-hydrogen) atoms. The fourth-order valence-corrected chi connectivity index (χ4v) is 8.52. The number of unbranched alkanes of at least 4 members (excludes halogenated alkanes) is 35. The molecule has 0 aromatic rings. The van der Waals surface area contributed by atoms with Crippen molar-refractivity contribution in [1.29, 1.82) is 0 Å². The molecule has 0 aliphatic rings. The Morgan fingerprint density at radius 3 is 0.790 bits per heavy atom. The van der Waals surface area contributed by atoms with Crippen LogP contribution in [0.15, 0.2) is 0 Å². The van der Waals surface area contributed by atoms with Gasteiger partial charge in [0.15, 0.2) is 6.10 Å². The Morgan fingerprint density at radius 1 is 0.306 bits per heavy atom. The Bertz CT molecular complexity index is 947. The largest absolute Gasteiger partial charge is 0.462 e. The van der Waals surface area contributed by atoms with Crippen molar-refractivity contribution >= 4 is 17.9 Å². The standard InChI is InChI=1S/C56H108O6/c1-6-7-8-9-10-11-12-13-14-15-16-17-18-19-24-27-32-38-43-48-56(59)62-53(50-61-55(58)47-42-37-33-28-30-35-40-45-52(4)5)49-60-54(57)46-41-36-31-26-23-21-20-22-25-29-34-39-44-51(2)3/h51-53H,6-50H2,1-5H3/t53-/m0/s1. The smallest absolute Gasteiger partial charge is 0.306 e. The molecule has 0 N–H and O–H groups in total. The van der Waals surface area contributed by atoms with Gasteiger partial charge < -0.3 is 14.2 Å². The fraction of sp³-hybridized carbons (Fsp3) is 0.946. The van der Waals surface area contributed by atoms with Crippen LogP contribution in [0.1, 0.15) is 311 Å². The van der Waals surface area contributed by atoms with Crippen molar-refractivity contribution in [2.45, 2.75) is 317 Å². The van der Waals surface area contributed by atoms with Gasteiger partial charge in [0.1, 0.15) is 13.2 Å². The molecule has 6 nitrogen and oxygen atoms in total. The van der Waals surface area contributed by atoms with E-state index in [0.717, 1.165) is 69.6 Å². The summed E-state index contributed by atoms with van der Waals surface area (Å²) in [4.78, 5) is 38.0. The quantitative estimate of drug-likeness (QED) is 0.0344. The molecular weight excluding hydrogens is 769 g/mol. The van der Waals surface area contributed by atoms with Crippen LogP contribution in [0.25, 0.3) is 0 Å². The van der Waals surface area contributed by atoms with Crippen LogP contribution in [-0.4, -0.2) is 37.2 Å². The molecule has 6 heteroatoms. The van der Waals surface area contributed by atoms with Gasteiger partial charge in [0, 0.05) is 19.3 Å². The number of rotatable bonds is 50. The molecule has 1 atom stereocenters. The highest BCUT2D eigenvalue weighted by molar-refractivity contribution is 5.71. The zero-order valence-electron chi connectivity index (χ0n) is 42.5. The lowest BCUT2D eigenvalue weighted by Gasteiger charge is -2.18. The van der Waals surface area contributed by atoms with Gasteiger partial charge in [-0.2, -0.15) is 0 Å². The first-order valence-electron chi connectivity index (χ1n) is 27.7. The van der Waals surface area contributed by atoms with E-state index < -0.39 is 6.10 Å². The zero-order valence-corrected chi connectivity index (χ0v) is 42.5. The number of hydrogen-bond donors (Lipinski definition) is 0.